The summed E-state index contributed by atoms with van der Waals surface area (Å²) < 4.78 is 5.53. The number of hydrogen-bond donors (Lipinski definition) is 3. The minimum atomic E-state index is -0.880. The number of para-hydroxylation sites is 1. The zero-order valence-corrected chi connectivity index (χ0v) is 19.2. The lowest BCUT2D eigenvalue weighted by Crippen LogP contribution is -2.32. The van der Waals surface area contributed by atoms with Crippen molar-refractivity contribution in [3.63, 3.8) is 0 Å². The van der Waals surface area contributed by atoms with Crippen LogP contribution in [0.1, 0.15) is 22.3 Å². The van der Waals surface area contributed by atoms with E-state index in [2.05, 4.69) is 21.2 Å². The Morgan fingerprint density at radius 2 is 1.53 bits per heavy atom. The van der Waals surface area contributed by atoms with Crippen LogP contribution in [0.5, 0.6) is 5.75 Å². The molecule has 0 aliphatic carbocycles. The minimum absolute atomic E-state index is 0.132. The highest BCUT2D eigenvalue weighted by Gasteiger charge is 2.13. The lowest BCUT2D eigenvalue weighted by atomic mass is 10.1. The number of amides is 3. The summed E-state index contributed by atoms with van der Waals surface area (Å²) in [6.45, 7) is 5.58. The van der Waals surface area contributed by atoms with Crippen LogP contribution in [0.15, 0.2) is 71.8 Å². The summed E-state index contributed by atoms with van der Waals surface area (Å²) in [5, 5.41) is 9.18. The van der Waals surface area contributed by atoms with Gasteiger partial charge in [0.1, 0.15) is 5.75 Å². The summed E-state index contributed by atoms with van der Waals surface area (Å²) in [6, 6.07) is 19.8. The molecule has 0 unspecified atom stereocenters. The second-order valence-electron chi connectivity index (χ2n) is 7.69. The summed E-state index contributed by atoms with van der Waals surface area (Å²) in [4.78, 5) is 36.1. The number of hydrogen-bond acceptors (Lipinski definition) is 5. The maximum absolute atomic E-state index is 12.2. The normalized spacial score (nSPS) is 10.6. The second-order valence-corrected chi connectivity index (χ2v) is 7.69. The lowest BCUT2D eigenvalue weighted by Gasteiger charge is -2.10. The van der Waals surface area contributed by atoms with Crippen LogP contribution in [0, 0.1) is 20.8 Å². The predicted molar refractivity (Wildman–Crippen MR) is 132 cm³/mol. The van der Waals surface area contributed by atoms with Gasteiger partial charge in [-0.25, -0.2) is 5.43 Å². The molecule has 0 aromatic heterocycles. The lowest BCUT2D eigenvalue weighted by molar-refractivity contribution is -0.136. The molecule has 3 amide bonds. The van der Waals surface area contributed by atoms with E-state index in [0.717, 1.165) is 22.4 Å². The Labute approximate surface area is 198 Å². The summed E-state index contributed by atoms with van der Waals surface area (Å²) in [5.41, 5.74) is 7.06. The van der Waals surface area contributed by atoms with E-state index in [-0.39, 0.29) is 12.5 Å². The molecule has 0 fully saturated rings. The maximum atomic E-state index is 12.2. The third kappa shape index (κ3) is 7.03. The van der Waals surface area contributed by atoms with Crippen molar-refractivity contribution in [3.8, 4) is 5.75 Å². The summed E-state index contributed by atoms with van der Waals surface area (Å²) in [7, 11) is 0. The van der Waals surface area contributed by atoms with Gasteiger partial charge in [-0.3, -0.25) is 14.4 Å². The van der Waals surface area contributed by atoms with E-state index in [0.29, 0.717) is 17.0 Å². The molecule has 0 aliphatic rings. The Balaban J connectivity index is 1.45. The average Bonchev–Trinajstić information content (AvgIpc) is 2.82. The highest BCUT2D eigenvalue weighted by molar-refractivity contribution is 6.39. The van der Waals surface area contributed by atoms with Gasteiger partial charge in [-0.2, -0.15) is 5.10 Å². The fraction of sp³-hybridized carbons (Fsp3) is 0.154. The number of rotatable bonds is 7. The first-order chi connectivity index (χ1) is 16.3. The molecule has 3 aromatic carbocycles. The van der Waals surface area contributed by atoms with E-state index in [1.165, 1.54) is 6.21 Å². The number of ether oxygens (including phenoxy) is 1. The molecule has 3 N–H and O–H groups in total. The molecule has 34 heavy (non-hydrogen) atoms. The van der Waals surface area contributed by atoms with Gasteiger partial charge in [-0.05, 0) is 79.4 Å². The minimum Gasteiger partial charge on any atom is -0.484 e. The zero-order valence-electron chi connectivity index (χ0n) is 19.2. The predicted octanol–water partition coefficient (Wildman–Crippen LogP) is 3.72. The van der Waals surface area contributed by atoms with Gasteiger partial charge < -0.3 is 15.4 Å². The van der Waals surface area contributed by atoms with E-state index >= 15 is 0 Å². The van der Waals surface area contributed by atoms with Gasteiger partial charge in [0.05, 0.1) is 6.21 Å². The Morgan fingerprint density at radius 1 is 0.824 bits per heavy atom. The molecule has 8 nitrogen and oxygen atoms in total. The van der Waals surface area contributed by atoms with E-state index in [9.17, 15) is 14.4 Å². The maximum Gasteiger partial charge on any atom is 0.329 e. The number of benzene rings is 3. The monoisotopic (exact) mass is 458 g/mol. The van der Waals surface area contributed by atoms with E-state index in [1.807, 2.05) is 51.1 Å². The van der Waals surface area contributed by atoms with Crippen LogP contribution < -0.4 is 20.8 Å². The summed E-state index contributed by atoms with van der Waals surface area (Å²) >= 11 is 0. The number of nitrogens with one attached hydrogen (secondary N) is 3. The largest absolute Gasteiger partial charge is 0.484 e. The van der Waals surface area contributed by atoms with Crippen LogP contribution >= 0.6 is 0 Å². The number of carbonyl (C=O) groups is 3. The zero-order chi connectivity index (χ0) is 24.5. The van der Waals surface area contributed by atoms with Gasteiger partial charge in [0.25, 0.3) is 5.91 Å². The first-order valence-electron chi connectivity index (χ1n) is 10.6. The fourth-order valence-corrected chi connectivity index (χ4v) is 2.96. The molecule has 3 aromatic rings. The molecule has 3 rings (SSSR count). The number of anilines is 2. The molecule has 8 heteroatoms. The van der Waals surface area contributed by atoms with Crippen LogP contribution in [-0.2, 0) is 14.4 Å². The van der Waals surface area contributed by atoms with Gasteiger partial charge in [0, 0.05) is 11.4 Å². The molecular formula is C26H26N4O4. The highest BCUT2D eigenvalue weighted by Crippen LogP contribution is 2.17. The van der Waals surface area contributed by atoms with E-state index < -0.39 is 11.8 Å². The first kappa shape index (κ1) is 24.2. The van der Waals surface area contributed by atoms with Crippen LogP contribution in [0.3, 0.4) is 0 Å². The quantitative estimate of drug-likeness (QED) is 0.285. The highest BCUT2D eigenvalue weighted by atomic mass is 16.5. The van der Waals surface area contributed by atoms with E-state index in [4.69, 9.17) is 4.74 Å². The van der Waals surface area contributed by atoms with Crippen molar-refractivity contribution in [3.05, 3.63) is 89.0 Å². The van der Waals surface area contributed by atoms with Gasteiger partial charge >= 0.3 is 11.8 Å². The molecule has 0 spiro atoms. The Bertz CT molecular complexity index is 1220. The molecule has 0 heterocycles. The summed E-state index contributed by atoms with van der Waals surface area (Å²) in [5.74, 6) is -1.44. The van der Waals surface area contributed by atoms with Gasteiger partial charge in [0.2, 0.25) is 0 Å². The van der Waals surface area contributed by atoms with Gasteiger partial charge in [0.15, 0.2) is 6.61 Å². The van der Waals surface area contributed by atoms with Gasteiger partial charge in [-0.15, -0.1) is 0 Å². The van der Waals surface area contributed by atoms with Crippen molar-refractivity contribution in [1.82, 2.24) is 5.43 Å². The number of nitrogens with zero attached hydrogens (tertiary/aromatic N) is 1. The van der Waals surface area contributed by atoms with Crippen molar-refractivity contribution < 1.29 is 19.1 Å². The van der Waals surface area contributed by atoms with Crippen molar-refractivity contribution in [2.45, 2.75) is 20.8 Å². The third-order valence-corrected chi connectivity index (χ3v) is 4.90. The molecule has 0 atom stereocenters. The molecule has 0 saturated heterocycles. The molecule has 0 radical (unpaired) electrons. The third-order valence-electron chi connectivity index (χ3n) is 4.90. The molecule has 0 saturated carbocycles. The van der Waals surface area contributed by atoms with Crippen LogP contribution in [0.2, 0.25) is 0 Å². The van der Waals surface area contributed by atoms with Crippen molar-refractivity contribution in [2.24, 2.45) is 5.10 Å². The van der Waals surface area contributed by atoms with E-state index in [1.54, 1.807) is 36.4 Å². The van der Waals surface area contributed by atoms with Crippen LogP contribution in [-0.4, -0.2) is 30.5 Å². The van der Waals surface area contributed by atoms with Crippen LogP contribution in [0.4, 0.5) is 11.4 Å². The number of hydrazone groups is 1. The molecular weight excluding hydrogens is 432 g/mol. The smallest absolute Gasteiger partial charge is 0.329 e. The molecule has 0 aliphatic heterocycles. The van der Waals surface area contributed by atoms with Crippen molar-refractivity contribution >= 4 is 35.3 Å². The number of aryl methyl sites for hydroxylation is 3. The topological polar surface area (TPSA) is 109 Å². The van der Waals surface area contributed by atoms with Crippen LogP contribution in [0.25, 0.3) is 0 Å². The molecule has 174 valence electrons. The number of carbonyl (C=O) groups excluding carboxylic acids is 3. The Morgan fingerprint density at radius 3 is 2.26 bits per heavy atom. The fourth-order valence-electron chi connectivity index (χ4n) is 2.96. The van der Waals surface area contributed by atoms with Crippen molar-refractivity contribution in [1.29, 1.82) is 0 Å². The molecule has 0 bridgehead atoms. The first-order valence-corrected chi connectivity index (χ1v) is 10.6. The average molecular weight is 459 g/mol. The summed E-state index contributed by atoms with van der Waals surface area (Å²) in [6.07, 6.45) is 1.40. The Kier molecular flexibility index (Phi) is 8.12. The van der Waals surface area contributed by atoms with Gasteiger partial charge in [-0.1, -0.05) is 30.3 Å². The van der Waals surface area contributed by atoms with Crippen molar-refractivity contribution in [2.75, 3.05) is 17.2 Å². The SMILES string of the molecule is Cc1ccc(C)c(NC(=O)COc2ccc(/C=N\NC(=O)C(=O)Nc3ccccc3C)cc2)c1. The Hall–Kier alpha value is -4.46. The standard InChI is InChI=1S/C26H26N4O4/c1-17-8-9-19(3)23(14-17)28-24(31)16-34-21-12-10-20(11-13-21)15-27-30-26(33)25(32)29-22-7-5-4-6-18(22)2/h4-15H,16H2,1-3H3,(H,28,31)(H,29,32)(H,30,33)/b27-15-. The second kappa shape index (κ2) is 11.4.